The molecule has 0 saturated carbocycles. The number of nitrogens with zero attached hydrogens (tertiary/aromatic N) is 4. The standard InChI is InChI=1S/C32H29FN4O/c33-28-19-11-10-18-27(28)30(32-35-34-31(38-32)26-16-8-3-9-17-26)37-22-20-36(21-23-37)29(24-12-4-1-5-13-24)25-14-6-2-7-15-25/h1-19,29-30H,20-23H2/t30-/m0/s1. The van der Waals surface area contributed by atoms with Crippen molar-refractivity contribution < 1.29 is 8.81 Å². The van der Waals surface area contributed by atoms with Crippen LogP contribution in [-0.2, 0) is 0 Å². The summed E-state index contributed by atoms with van der Waals surface area (Å²) in [4.78, 5) is 4.76. The van der Waals surface area contributed by atoms with E-state index in [1.807, 2.05) is 42.5 Å². The van der Waals surface area contributed by atoms with Gasteiger partial charge in [-0.1, -0.05) is 97.1 Å². The van der Waals surface area contributed by atoms with Crippen molar-refractivity contribution in [1.29, 1.82) is 0 Å². The van der Waals surface area contributed by atoms with E-state index in [-0.39, 0.29) is 11.9 Å². The largest absolute Gasteiger partial charge is 0.419 e. The summed E-state index contributed by atoms with van der Waals surface area (Å²) in [5.41, 5.74) is 3.92. The monoisotopic (exact) mass is 504 g/mol. The fourth-order valence-corrected chi connectivity index (χ4v) is 5.36. The van der Waals surface area contributed by atoms with Crippen LogP contribution in [-0.4, -0.2) is 46.2 Å². The first kappa shape index (κ1) is 24.2. The molecule has 0 radical (unpaired) electrons. The Bertz CT molecular complexity index is 1410. The van der Waals surface area contributed by atoms with E-state index in [4.69, 9.17) is 4.42 Å². The lowest BCUT2D eigenvalue weighted by Crippen LogP contribution is -2.49. The first-order valence-corrected chi connectivity index (χ1v) is 13.0. The number of hydrogen-bond acceptors (Lipinski definition) is 5. The average Bonchev–Trinajstić information content (AvgIpc) is 3.47. The molecule has 190 valence electrons. The van der Waals surface area contributed by atoms with Crippen LogP contribution in [0.1, 0.15) is 34.7 Å². The normalized spacial score (nSPS) is 15.5. The topological polar surface area (TPSA) is 45.4 Å². The Hall–Kier alpha value is -4.13. The van der Waals surface area contributed by atoms with E-state index in [0.29, 0.717) is 17.3 Å². The molecule has 0 unspecified atom stereocenters. The Morgan fingerprint density at radius 1 is 0.579 bits per heavy atom. The van der Waals surface area contributed by atoms with Crippen LogP contribution < -0.4 is 0 Å². The third-order valence-corrected chi connectivity index (χ3v) is 7.20. The van der Waals surface area contributed by atoms with Gasteiger partial charge in [-0.2, -0.15) is 0 Å². The fraction of sp³-hybridized carbons (Fsp3) is 0.188. The molecule has 38 heavy (non-hydrogen) atoms. The second kappa shape index (κ2) is 11.1. The van der Waals surface area contributed by atoms with Crippen molar-refractivity contribution in [2.75, 3.05) is 26.2 Å². The van der Waals surface area contributed by atoms with E-state index >= 15 is 4.39 Å². The number of halogens is 1. The molecule has 5 aromatic rings. The van der Waals surface area contributed by atoms with Gasteiger partial charge in [-0.05, 0) is 29.3 Å². The van der Waals surface area contributed by atoms with Crippen LogP contribution in [0.3, 0.4) is 0 Å². The lowest BCUT2D eigenvalue weighted by Gasteiger charge is -2.42. The van der Waals surface area contributed by atoms with Gasteiger partial charge in [0.25, 0.3) is 0 Å². The van der Waals surface area contributed by atoms with Gasteiger partial charge >= 0.3 is 0 Å². The second-order valence-corrected chi connectivity index (χ2v) is 9.53. The number of benzene rings is 4. The van der Waals surface area contributed by atoms with Gasteiger partial charge in [0.1, 0.15) is 11.9 Å². The summed E-state index contributed by atoms with van der Waals surface area (Å²) in [6.07, 6.45) is 0. The molecule has 1 aliphatic heterocycles. The first-order valence-electron chi connectivity index (χ1n) is 13.0. The van der Waals surface area contributed by atoms with Crippen LogP contribution >= 0.6 is 0 Å². The molecule has 2 heterocycles. The van der Waals surface area contributed by atoms with E-state index in [9.17, 15) is 0 Å². The Morgan fingerprint density at radius 3 is 1.66 bits per heavy atom. The van der Waals surface area contributed by atoms with Crippen LogP contribution in [0.5, 0.6) is 0 Å². The molecule has 0 bridgehead atoms. The molecule has 6 heteroatoms. The van der Waals surface area contributed by atoms with Crippen molar-refractivity contribution in [3.05, 3.63) is 144 Å². The molecule has 1 aliphatic rings. The van der Waals surface area contributed by atoms with E-state index in [2.05, 4.69) is 80.7 Å². The van der Waals surface area contributed by atoms with Crippen molar-refractivity contribution in [3.8, 4) is 11.5 Å². The SMILES string of the molecule is Fc1ccccc1[C@@H](c1nnc(-c2ccccc2)o1)N1CCN(C(c2ccccc2)c2ccccc2)CC1. The number of hydrogen-bond donors (Lipinski definition) is 0. The van der Waals surface area contributed by atoms with E-state index in [1.54, 1.807) is 6.07 Å². The lowest BCUT2D eigenvalue weighted by atomic mass is 9.96. The summed E-state index contributed by atoms with van der Waals surface area (Å²) < 4.78 is 21.3. The fourth-order valence-electron chi connectivity index (χ4n) is 5.36. The number of rotatable bonds is 7. The van der Waals surface area contributed by atoms with Crippen LogP contribution in [0.25, 0.3) is 11.5 Å². The number of piperazine rings is 1. The minimum Gasteiger partial charge on any atom is -0.419 e. The summed E-state index contributed by atoms with van der Waals surface area (Å²) in [6.45, 7) is 3.11. The Kier molecular flexibility index (Phi) is 7.07. The van der Waals surface area contributed by atoms with E-state index in [0.717, 1.165) is 31.7 Å². The van der Waals surface area contributed by atoms with Crippen LogP contribution in [0.15, 0.2) is 120 Å². The summed E-state index contributed by atoms with van der Waals surface area (Å²) in [5.74, 6) is 0.574. The molecule has 4 aromatic carbocycles. The first-order chi connectivity index (χ1) is 18.8. The van der Waals surface area contributed by atoms with Crippen LogP contribution in [0.2, 0.25) is 0 Å². The van der Waals surface area contributed by atoms with E-state index < -0.39 is 6.04 Å². The Balaban J connectivity index is 1.29. The van der Waals surface area contributed by atoms with Crippen molar-refractivity contribution in [3.63, 3.8) is 0 Å². The molecule has 1 fully saturated rings. The van der Waals surface area contributed by atoms with Gasteiger partial charge < -0.3 is 4.42 Å². The second-order valence-electron chi connectivity index (χ2n) is 9.53. The van der Waals surface area contributed by atoms with Gasteiger partial charge in [0.2, 0.25) is 11.8 Å². The zero-order chi connectivity index (χ0) is 25.7. The third kappa shape index (κ3) is 5.01. The van der Waals surface area contributed by atoms with Crippen molar-refractivity contribution in [2.24, 2.45) is 0 Å². The molecular formula is C32H29FN4O. The van der Waals surface area contributed by atoms with Crippen LogP contribution in [0.4, 0.5) is 4.39 Å². The average molecular weight is 505 g/mol. The Labute approximate surface area is 222 Å². The van der Waals surface area contributed by atoms with Gasteiger partial charge in [-0.3, -0.25) is 9.80 Å². The quantitative estimate of drug-likeness (QED) is 0.258. The molecule has 0 N–H and O–H groups in total. The molecule has 5 nitrogen and oxygen atoms in total. The van der Waals surface area contributed by atoms with Crippen molar-refractivity contribution >= 4 is 0 Å². The van der Waals surface area contributed by atoms with Gasteiger partial charge in [0, 0.05) is 37.3 Å². The summed E-state index contributed by atoms with van der Waals surface area (Å²) >= 11 is 0. The highest BCUT2D eigenvalue weighted by atomic mass is 19.1. The van der Waals surface area contributed by atoms with Gasteiger partial charge in [0.05, 0.1) is 6.04 Å². The summed E-state index contributed by atoms with van der Waals surface area (Å²) in [6, 6.07) is 37.5. The smallest absolute Gasteiger partial charge is 0.247 e. The van der Waals surface area contributed by atoms with Gasteiger partial charge in [0.15, 0.2) is 0 Å². The maximum atomic E-state index is 15.1. The van der Waals surface area contributed by atoms with E-state index in [1.165, 1.54) is 17.2 Å². The molecule has 6 rings (SSSR count). The zero-order valence-electron chi connectivity index (χ0n) is 21.0. The molecule has 0 amide bonds. The summed E-state index contributed by atoms with van der Waals surface area (Å²) in [7, 11) is 0. The highest BCUT2D eigenvalue weighted by molar-refractivity contribution is 5.52. The maximum absolute atomic E-state index is 15.1. The molecule has 0 aliphatic carbocycles. The lowest BCUT2D eigenvalue weighted by molar-refractivity contribution is 0.0807. The molecule has 1 atom stereocenters. The summed E-state index contributed by atoms with van der Waals surface area (Å²) in [5, 5.41) is 8.70. The molecular weight excluding hydrogens is 475 g/mol. The molecule has 1 aromatic heterocycles. The predicted octanol–water partition coefficient (Wildman–Crippen LogP) is 6.37. The highest BCUT2D eigenvalue weighted by Gasteiger charge is 2.34. The van der Waals surface area contributed by atoms with Crippen LogP contribution in [0, 0.1) is 5.82 Å². The Morgan fingerprint density at radius 2 is 1.08 bits per heavy atom. The van der Waals surface area contributed by atoms with Crippen molar-refractivity contribution in [2.45, 2.75) is 12.1 Å². The third-order valence-electron chi connectivity index (χ3n) is 7.20. The predicted molar refractivity (Wildman–Crippen MR) is 146 cm³/mol. The highest BCUT2D eigenvalue weighted by Crippen LogP contribution is 2.35. The molecule has 1 saturated heterocycles. The molecule has 0 spiro atoms. The maximum Gasteiger partial charge on any atom is 0.247 e. The minimum absolute atomic E-state index is 0.152. The number of aromatic nitrogens is 2. The minimum atomic E-state index is -0.463. The van der Waals surface area contributed by atoms with Crippen molar-refractivity contribution in [1.82, 2.24) is 20.0 Å². The zero-order valence-corrected chi connectivity index (χ0v) is 21.0. The van der Waals surface area contributed by atoms with Gasteiger partial charge in [-0.15, -0.1) is 10.2 Å². The van der Waals surface area contributed by atoms with Gasteiger partial charge in [-0.25, -0.2) is 4.39 Å².